The molecular formula is C9H19NO3. The van der Waals surface area contributed by atoms with Crippen molar-refractivity contribution in [2.24, 2.45) is 0 Å². The van der Waals surface area contributed by atoms with Crippen LogP contribution < -0.4 is 5.32 Å². The number of hydrogen-bond acceptors (Lipinski definition) is 4. The molecule has 1 rings (SSSR count). The highest BCUT2D eigenvalue weighted by Crippen LogP contribution is 2.11. The van der Waals surface area contributed by atoms with Crippen molar-refractivity contribution in [3.05, 3.63) is 0 Å². The average Bonchev–Trinajstić information content (AvgIpc) is 2.19. The Balaban J connectivity index is 1.98. The van der Waals surface area contributed by atoms with Crippen LogP contribution in [0.4, 0.5) is 0 Å². The molecule has 0 bridgehead atoms. The highest BCUT2D eigenvalue weighted by atomic mass is 16.5. The molecule has 13 heavy (non-hydrogen) atoms. The van der Waals surface area contributed by atoms with Crippen molar-refractivity contribution in [3.63, 3.8) is 0 Å². The van der Waals surface area contributed by atoms with E-state index in [4.69, 9.17) is 14.9 Å². The lowest BCUT2D eigenvalue weighted by Crippen LogP contribution is -2.37. The van der Waals surface area contributed by atoms with E-state index >= 15 is 0 Å². The summed E-state index contributed by atoms with van der Waals surface area (Å²) < 4.78 is 5.49. The molecule has 0 spiro atoms. The molecule has 78 valence electrons. The summed E-state index contributed by atoms with van der Waals surface area (Å²) in [7, 11) is 0. The zero-order valence-corrected chi connectivity index (χ0v) is 7.91. The number of aliphatic hydroxyl groups is 2. The van der Waals surface area contributed by atoms with Gasteiger partial charge in [-0.25, -0.2) is 0 Å². The minimum Gasteiger partial charge on any atom is -0.394 e. The molecule has 0 aromatic heterocycles. The lowest BCUT2D eigenvalue weighted by molar-refractivity contribution is 0.0137. The quantitative estimate of drug-likeness (QED) is 0.545. The second-order valence-electron chi connectivity index (χ2n) is 3.48. The third-order valence-corrected chi connectivity index (χ3v) is 2.24. The Morgan fingerprint density at radius 3 is 2.92 bits per heavy atom. The number of aliphatic hydroxyl groups excluding tert-OH is 2. The molecule has 0 saturated carbocycles. The Hall–Kier alpha value is -0.160. The van der Waals surface area contributed by atoms with Crippen molar-refractivity contribution in [2.45, 2.75) is 31.5 Å². The molecule has 4 heteroatoms. The lowest BCUT2D eigenvalue weighted by Gasteiger charge is -2.23. The van der Waals surface area contributed by atoms with E-state index in [1.165, 1.54) is 6.42 Å². The molecule has 1 fully saturated rings. The van der Waals surface area contributed by atoms with Crippen LogP contribution in [0.5, 0.6) is 0 Å². The molecule has 4 nitrogen and oxygen atoms in total. The average molecular weight is 189 g/mol. The van der Waals surface area contributed by atoms with Gasteiger partial charge in [-0.3, -0.25) is 0 Å². The summed E-state index contributed by atoms with van der Waals surface area (Å²) in [4.78, 5) is 0. The van der Waals surface area contributed by atoms with Crippen LogP contribution in [-0.2, 0) is 4.74 Å². The van der Waals surface area contributed by atoms with E-state index in [1.54, 1.807) is 0 Å². The van der Waals surface area contributed by atoms with Crippen molar-refractivity contribution in [2.75, 3.05) is 26.3 Å². The Morgan fingerprint density at radius 1 is 1.46 bits per heavy atom. The predicted molar refractivity (Wildman–Crippen MR) is 49.6 cm³/mol. The first-order chi connectivity index (χ1) is 6.33. The zero-order valence-electron chi connectivity index (χ0n) is 7.91. The maximum Gasteiger partial charge on any atom is 0.0894 e. The van der Waals surface area contributed by atoms with Crippen LogP contribution in [0.1, 0.15) is 19.3 Å². The van der Waals surface area contributed by atoms with Gasteiger partial charge >= 0.3 is 0 Å². The van der Waals surface area contributed by atoms with Gasteiger partial charge in [0.2, 0.25) is 0 Å². The molecule has 3 N–H and O–H groups in total. The molecule has 1 saturated heterocycles. The number of ether oxygens (including phenoxy) is 1. The van der Waals surface area contributed by atoms with Gasteiger partial charge < -0.3 is 20.3 Å². The summed E-state index contributed by atoms with van der Waals surface area (Å²) in [5.74, 6) is 0. The molecular weight excluding hydrogens is 170 g/mol. The Labute approximate surface area is 78.9 Å². The standard InChI is InChI=1S/C9H19NO3/c11-7-8(12)5-10-6-9-3-1-2-4-13-9/h8-12H,1-7H2. The molecule has 1 aliphatic rings. The lowest BCUT2D eigenvalue weighted by atomic mass is 10.1. The topological polar surface area (TPSA) is 61.7 Å². The van der Waals surface area contributed by atoms with Gasteiger partial charge in [-0.2, -0.15) is 0 Å². The van der Waals surface area contributed by atoms with Gasteiger partial charge in [-0.1, -0.05) is 0 Å². The summed E-state index contributed by atoms with van der Waals surface area (Å²) in [6, 6.07) is 0. The Kier molecular flexibility index (Phi) is 5.31. The van der Waals surface area contributed by atoms with Gasteiger partial charge in [0.1, 0.15) is 0 Å². The van der Waals surface area contributed by atoms with Crippen molar-refractivity contribution in [1.82, 2.24) is 5.32 Å². The Bertz CT molecular complexity index is 126. The molecule has 0 amide bonds. The largest absolute Gasteiger partial charge is 0.394 e. The first-order valence-corrected chi connectivity index (χ1v) is 4.94. The molecule has 0 aromatic rings. The smallest absolute Gasteiger partial charge is 0.0894 e. The van der Waals surface area contributed by atoms with Crippen molar-refractivity contribution in [1.29, 1.82) is 0 Å². The van der Waals surface area contributed by atoms with E-state index in [2.05, 4.69) is 5.32 Å². The van der Waals surface area contributed by atoms with Gasteiger partial charge in [-0.15, -0.1) is 0 Å². The molecule has 2 unspecified atom stereocenters. The Morgan fingerprint density at radius 2 is 2.31 bits per heavy atom. The van der Waals surface area contributed by atoms with E-state index in [0.717, 1.165) is 26.0 Å². The van der Waals surface area contributed by atoms with Crippen molar-refractivity contribution < 1.29 is 14.9 Å². The highest BCUT2D eigenvalue weighted by molar-refractivity contribution is 4.67. The fraction of sp³-hybridized carbons (Fsp3) is 1.00. The van der Waals surface area contributed by atoms with E-state index in [0.29, 0.717) is 12.6 Å². The third kappa shape index (κ3) is 4.57. The summed E-state index contributed by atoms with van der Waals surface area (Å²) in [5, 5.41) is 20.7. The van der Waals surface area contributed by atoms with E-state index in [9.17, 15) is 0 Å². The third-order valence-electron chi connectivity index (χ3n) is 2.24. The summed E-state index contributed by atoms with van der Waals surface area (Å²) in [6.07, 6.45) is 3.13. The molecule has 2 atom stereocenters. The summed E-state index contributed by atoms with van der Waals surface area (Å²) in [5.41, 5.74) is 0. The first kappa shape index (κ1) is 10.9. The summed E-state index contributed by atoms with van der Waals surface area (Å²) in [6.45, 7) is 1.89. The first-order valence-electron chi connectivity index (χ1n) is 4.94. The van der Waals surface area contributed by atoms with E-state index in [1.807, 2.05) is 0 Å². The maximum absolute atomic E-state index is 9.03. The van der Waals surface area contributed by atoms with Crippen LogP contribution in [0.15, 0.2) is 0 Å². The normalized spacial score (nSPS) is 25.8. The molecule has 0 aromatic carbocycles. The van der Waals surface area contributed by atoms with Gasteiger partial charge in [0, 0.05) is 19.7 Å². The van der Waals surface area contributed by atoms with Crippen molar-refractivity contribution >= 4 is 0 Å². The second kappa shape index (κ2) is 6.32. The minimum atomic E-state index is -0.649. The van der Waals surface area contributed by atoms with Gasteiger partial charge in [0.05, 0.1) is 18.8 Å². The fourth-order valence-electron chi connectivity index (χ4n) is 1.44. The van der Waals surface area contributed by atoms with Crippen LogP contribution in [0.2, 0.25) is 0 Å². The van der Waals surface area contributed by atoms with Gasteiger partial charge in [-0.05, 0) is 19.3 Å². The van der Waals surface area contributed by atoms with Crippen LogP contribution in [0.3, 0.4) is 0 Å². The van der Waals surface area contributed by atoms with E-state index in [-0.39, 0.29) is 6.61 Å². The monoisotopic (exact) mass is 189 g/mol. The highest BCUT2D eigenvalue weighted by Gasteiger charge is 2.13. The number of nitrogens with one attached hydrogen (secondary N) is 1. The zero-order chi connectivity index (χ0) is 9.52. The summed E-state index contributed by atoms with van der Waals surface area (Å²) >= 11 is 0. The van der Waals surface area contributed by atoms with Crippen LogP contribution >= 0.6 is 0 Å². The molecule has 0 aliphatic carbocycles. The fourth-order valence-corrected chi connectivity index (χ4v) is 1.44. The number of rotatable bonds is 5. The van der Waals surface area contributed by atoms with Crippen LogP contribution in [-0.4, -0.2) is 48.7 Å². The van der Waals surface area contributed by atoms with E-state index < -0.39 is 6.10 Å². The van der Waals surface area contributed by atoms with Crippen molar-refractivity contribution in [3.8, 4) is 0 Å². The molecule has 1 aliphatic heterocycles. The SMILES string of the molecule is OCC(O)CNCC1CCCCO1. The second-order valence-corrected chi connectivity index (χ2v) is 3.48. The predicted octanol–water partition coefficient (Wildman–Crippen LogP) is -0.502. The number of hydrogen-bond donors (Lipinski definition) is 3. The maximum atomic E-state index is 9.03. The van der Waals surface area contributed by atoms with Gasteiger partial charge in [0.15, 0.2) is 0 Å². The van der Waals surface area contributed by atoms with Crippen LogP contribution in [0.25, 0.3) is 0 Å². The minimum absolute atomic E-state index is 0.182. The van der Waals surface area contributed by atoms with Crippen LogP contribution in [0, 0.1) is 0 Å². The molecule has 1 heterocycles. The van der Waals surface area contributed by atoms with Gasteiger partial charge in [0.25, 0.3) is 0 Å². The molecule has 0 radical (unpaired) electrons.